The molecule has 1 fully saturated rings. The zero-order chi connectivity index (χ0) is 20.8. The molecule has 0 saturated heterocycles. The molecule has 1 aliphatic rings. The Bertz CT molecular complexity index is 839. The quantitative estimate of drug-likeness (QED) is 0.733. The van der Waals surface area contributed by atoms with Crippen molar-refractivity contribution in [2.75, 3.05) is 13.7 Å². The van der Waals surface area contributed by atoms with Gasteiger partial charge in [-0.2, -0.15) is 0 Å². The number of aromatic nitrogens is 1. The van der Waals surface area contributed by atoms with Gasteiger partial charge >= 0.3 is 0 Å². The van der Waals surface area contributed by atoms with Crippen molar-refractivity contribution in [2.45, 2.75) is 51.6 Å². The summed E-state index contributed by atoms with van der Waals surface area (Å²) in [6.07, 6.45) is 6.61. The smallest absolute Gasteiger partial charge is 0.257 e. The maximum atomic E-state index is 13.4. The van der Waals surface area contributed by atoms with Crippen molar-refractivity contribution in [2.24, 2.45) is 5.92 Å². The van der Waals surface area contributed by atoms with Crippen LogP contribution in [-0.2, 0) is 6.42 Å². The standard InChI is InChI=1S/C23H29FN2O3/c1-3-6-18-19(15-9-11-17(24)12-10-15)14-26-23(29-2)21(18)22(28)25-13-16-7-4-5-8-20(16)27/h9-12,14,16,20,27H,3-8,13H2,1-2H3,(H,25,28). The van der Waals surface area contributed by atoms with Crippen molar-refractivity contribution in [3.8, 4) is 17.0 Å². The van der Waals surface area contributed by atoms with Crippen molar-refractivity contribution < 1.29 is 19.0 Å². The van der Waals surface area contributed by atoms with E-state index in [0.717, 1.165) is 48.8 Å². The van der Waals surface area contributed by atoms with E-state index >= 15 is 0 Å². The number of carbonyl (C=O) groups excluding carboxylic acids is 1. The Morgan fingerprint density at radius 2 is 2.00 bits per heavy atom. The predicted octanol–water partition coefficient (Wildman–Crippen LogP) is 4.13. The van der Waals surface area contributed by atoms with Gasteiger partial charge in [-0.05, 0) is 42.5 Å². The first kappa shape index (κ1) is 21.2. The highest BCUT2D eigenvalue weighted by molar-refractivity contribution is 5.99. The van der Waals surface area contributed by atoms with Gasteiger partial charge < -0.3 is 15.2 Å². The molecule has 2 aromatic rings. The summed E-state index contributed by atoms with van der Waals surface area (Å²) in [4.78, 5) is 17.5. The van der Waals surface area contributed by atoms with E-state index in [1.54, 1.807) is 18.3 Å². The van der Waals surface area contributed by atoms with Gasteiger partial charge in [0, 0.05) is 24.2 Å². The lowest BCUT2D eigenvalue weighted by Crippen LogP contribution is -2.37. The van der Waals surface area contributed by atoms with Crippen molar-refractivity contribution >= 4 is 5.91 Å². The van der Waals surface area contributed by atoms with Crippen LogP contribution in [0.4, 0.5) is 4.39 Å². The van der Waals surface area contributed by atoms with Crippen LogP contribution in [0.3, 0.4) is 0 Å². The third-order valence-corrected chi connectivity index (χ3v) is 5.62. The summed E-state index contributed by atoms with van der Waals surface area (Å²) in [5.41, 5.74) is 2.87. The first-order valence-electron chi connectivity index (χ1n) is 10.3. The number of pyridine rings is 1. The molecule has 1 heterocycles. The maximum Gasteiger partial charge on any atom is 0.257 e. The Kier molecular flexibility index (Phi) is 7.20. The van der Waals surface area contributed by atoms with E-state index in [0.29, 0.717) is 18.5 Å². The monoisotopic (exact) mass is 400 g/mol. The average molecular weight is 400 g/mol. The number of aliphatic hydroxyl groups excluding tert-OH is 1. The van der Waals surface area contributed by atoms with Crippen LogP contribution in [0, 0.1) is 11.7 Å². The number of amides is 1. The van der Waals surface area contributed by atoms with Crippen LogP contribution < -0.4 is 10.1 Å². The summed E-state index contributed by atoms with van der Waals surface area (Å²) in [7, 11) is 1.50. The molecule has 156 valence electrons. The van der Waals surface area contributed by atoms with Gasteiger partial charge in [0.2, 0.25) is 5.88 Å². The average Bonchev–Trinajstić information content (AvgIpc) is 2.73. The summed E-state index contributed by atoms with van der Waals surface area (Å²) >= 11 is 0. The molecule has 5 nitrogen and oxygen atoms in total. The van der Waals surface area contributed by atoms with Crippen LogP contribution in [0.1, 0.15) is 54.9 Å². The number of hydrogen-bond donors (Lipinski definition) is 2. The molecule has 6 heteroatoms. The highest BCUT2D eigenvalue weighted by Gasteiger charge is 2.26. The van der Waals surface area contributed by atoms with Gasteiger partial charge in [-0.1, -0.05) is 38.3 Å². The summed E-state index contributed by atoms with van der Waals surface area (Å²) in [5.74, 6) is -0.210. The first-order chi connectivity index (χ1) is 14.0. The van der Waals surface area contributed by atoms with E-state index in [4.69, 9.17) is 4.74 Å². The molecule has 1 aliphatic carbocycles. The number of rotatable bonds is 7. The Balaban J connectivity index is 1.93. The van der Waals surface area contributed by atoms with Gasteiger partial charge in [0.15, 0.2) is 0 Å². The molecule has 0 radical (unpaired) electrons. The SMILES string of the molecule is CCCc1c(-c2ccc(F)cc2)cnc(OC)c1C(=O)NCC1CCCCC1O. The van der Waals surface area contributed by atoms with Crippen LogP contribution in [0.25, 0.3) is 11.1 Å². The van der Waals surface area contributed by atoms with Crippen molar-refractivity contribution in [1.82, 2.24) is 10.3 Å². The Labute approximate surface area is 171 Å². The fourth-order valence-corrected chi connectivity index (χ4v) is 4.04. The number of nitrogens with one attached hydrogen (secondary N) is 1. The number of halogens is 1. The summed E-state index contributed by atoms with van der Waals surface area (Å²) in [5, 5.41) is 13.2. The second-order valence-electron chi connectivity index (χ2n) is 7.61. The van der Waals surface area contributed by atoms with Gasteiger partial charge in [-0.25, -0.2) is 9.37 Å². The Morgan fingerprint density at radius 1 is 1.28 bits per heavy atom. The minimum absolute atomic E-state index is 0.0709. The van der Waals surface area contributed by atoms with E-state index in [1.807, 2.05) is 6.92 Å². The lowest BCUT2D eigenvalue weighted by Gasteiger charge is -2.27. The molecule has 0 aliphatic heterocycles. The van der Waals surface area contributed by atoms with Crippen LogP contribution in [0.15, 0.2) is 30.5 Å². The molecule has 0 bridgehead atoms. The summed E-state index contributed by atoms with van der Waals surface area (Å²) < 4.78 is 18.8. The molecule has 1 aromatic carbocycles. The van der Waals surface area contributed by atoms with E-state index in [1.165, 1.54) is 19.2 Å². The number of ether oxygens (including phenoxy) is 1. The second kappa shape index (κ2) is 9.83. The van der Waals surface area contributed by atoms with Gasteiger partial charge in [-0.3, -0.25) is 4.79 Å². The third kappa shape index (κ3) is 4.93. The molecule has 2 unspecified atom stereocenters. The molecule has 3 rings (SSSR count). The van der Waals surface area contributed by atoms with Crippen molar-refractivity contribution in [3.63, 3.8) is 0 Å². The van der Waals surface area contributed by atoms with E-state index in [9.17, 15) is 14.3 Å². The number of nitrogens with zero attached hydrogens (tertiary/aromatic N) is 1. The lowest BCUT2D eigenvalue weighted by atomic mass is 9.86. The van der Waals surface area contributed by atoms with Crippen LogP contribution >= 0.6 is 0 Å². The summed E-state index contributed by atoms with van der Waals surface area (Å²) in [6, 6.07) is 6.19. The fraction of sp³-hybridized carbons (Fsp3) is 0.478. The number of hydrogen-bond acceptors (Lipinski definition) is 4. The van der Waals surface area contributed by atoms with Gasteiger partial charge in [0.1, 0.15) is 11.4 Å². The fourth-order valence-electron chi connectivity index (χ4n) is 4.04. The minimum atomic E-state index is -0.371. The van der Waals surface area contributed by atoms with Gasteiger partial charge in [-0.15, -0.1) is 0 Å². The molecule has 2 atom stereocenters. The number of methoxy groups -OCH3 is 1. The Hall–Kier alpha value is -2.47. The topological polar surface area (TPSA) is 71.5 Å². The normalized spacial score (nSPS) is 19.0. The minimum Gasteiger partial charge on any atom is -0.480 e. The molecule has 1 saturated carbocycles. The molecule has 1 amide bonds. The highest BCUT2D eigenvalue weighted by Crippen LogP contribution is 2.32. The Morgan fingerprint density at radius 3 is 2.66 bits per heavy atom. The second-order valence-corrected chi connectivity index (χ2v) is 7.61. The molecule has 29 heavy (non-hydrogen) atoms. The van der Waals surface area contributed by atoms with Crippen LogP contribution in [0.5, 0.6) is 5.88 Å². The van der Waals surface area contributed by atoms with Crippen LogP contribution in [-0.4, -0.2) is 35.8 Å². The molecule has 2 N–H and O–H groups in total. The summed E-state index contributed by atoms with van der Waals surface area (Å²) in [6.45, 7) is 2.47. The van der Waals surface area contributed by atoms with Crippen LogP contribution in [0.2, 0.25) is 0 Å². The predicted molar refractivity (Wildman–Crippen MR) is 110 cm³/mol. The largest absolute Gasteiger partial charge is 0.480 e. The van der Waals surface area contributed by atoms with Gasteiger partial charge in [0.25, 0.3) is 5.91 Å². The maximum absolute atomic E-state index is 13.4. The number of carbonyl (C=O) groups is 1. The number of aliphatic hydroxyl groups is 1. The molecular formula is C23H29FN2O3. The molecule has 0 spiro atoms. The zero-order valence-corrected chi connectivity index (χ0v) is 17.1. The van der Waals surface area contributed by atoms with Gasteiger partial charge in [0.05, 0.1) is 13.2 Å². The van der Waals surface area contributed by atoms with E-state index < -0.39 is 0 Å². The van der Waals surface area contributed by atoms with E-state index in [2.05, 4.69) is 10.3 Å². The molecule has 1 aromatic heterocycles. The third-order valence-electron chi connectivity index (χ3n) is 5.62. The molecular weight excluding hydrogens is 371 g/mol. The van der Waals surface area contributed by atoms with Crippen molar-refractivity contribution in [1.29, 1.82) is 0 Å². The van der Waals surface area contributed by atoms with E-state index in [-0.39, 0.29) is 29.6 Å². The zero-order valence-electron chi connectivity index (χ0n) is 17.1. The van der Waals surface area contributed by atoms with Crippen molar-refractivity contribution in [3.05, 3.63) is 47.4 Å². The number of benzene rings is 1. The first-order valence-corrected chi connectivity index (χ1v) is 10.3. The highest BCUT2D eigenvalue weighted by atomic mass is 19.1. The lowest BCUT2D eigenvalue weighted by molar-refractivity contribution is 0.0662.